The van der Waals surface area contributed by atoms with E-state index in [9.17, 15) is 14.7 Å². The van der Waals surface area contributed by atoms with Crippen molar-refractivity contribution in [3.8, 4) is 6.07 Å². The monoisotopic (exact) mass is 261 g/mol. The lowest BCUT2D eigenvalue weighted by molar-refractivity contribution is -0.145. The fraction of sp³-hybridized carbons (Fsp3) is 0.357. The molecule has 0 bridgehead atoms. The third-order valence-corrected chi connectivity index (χ3v) is 2.49. The standard InChI is InChI=1S/C14H15NO4/c1-2-19-14(18)8-12(16)7-13(17)11-5-3-10(9-15)4-6-11/h3-6,13,17H,2,7-8H2,1H3. The van der Waals surface area contributed by atoms with Crippen molar-refractivity contribution >= 4 is 11.8 Å². The highest BCUT2D eigenvalue weighted by Gasteiger charge is 2.16. The summed E-state index contributed by atoms with van der Waals surface area (Å²) in [5.41, 5.74) is 1.02. The molecule has 1 N–H and O–H groups in total. The van der Waals surface area contributed by atoms with Crippen molar-refractivity contribution in [2.75, 3.05) is 6.61 Å². The van der Waals surface area contributed by atoms with E-state index in [4.69, 9.17) is 5.26 Å². The minimum absolute atomic E-state index is 0.148. The molecule has 1 rings (SSSR count). The first kappa shape index (κ1) is 14.9. The van der Waals surface area contributed by atoms with Crippen LogP contribution in [0.15, 0.2) is 24.3 Å². The van der Waals surface area contributed by atoms with Gasteiger partial charge >= 0.3 is 5.97 Å². The molecule has 5 heteroatoms. The van der Waals surface area contributed by atoms with Crippen LogP contribution in [0.2, 0.25) is 0 Å². The Kier molecular flexibility index (Phi) is 5.71. The second-order valence-corrected chi connectivity index (χ2v) is 3.97. The first-order valence-electron chi connectivity index (χ1n) is 5.92. The molecule has 0 aliphatic carbocycles. The molecule has 0 amide bonds. The van der Waals surface area contributed by atoms with Gasteiger partial charge in [0.15, 0.2) is 0 Å². The second kappa shape index (κ2) is 7.29. The van der Waals surface area contributed by atoms with Crippen molar-refractivity contribution in [2.45, 2.75) is 25.9 Å². The molecule has 0 aromatic heterocycles. The molecule has 5 nitrogen and oxygen atoms in total. The maximum Gasteiger partial charge on any atom is 0.313 e. The molecule has 19 heavy (non-hydrogen) atoms. The number of ether oxygens (including phenoxy) is 1. The van der Waals surface area contributed by atoms with Crippen LogP contribution in [-0.4, -0.2) is 23.5 Å². The Balaban J connectivity index is 2.54. The minimum Gasteiger partial charge on any atom is -0.466 e. The van der Waals surface area contributed by atoms with Crippen LogP contribution in [0.4, 0.5) is 0 Å². The number of hydrogen-bond acceptors (Lipinski definition) is 5. The molecular formula is C14H15NO4. The van der Waals surface area contributed by atoms with E-state index in [0.717, 1.165) is 0 Å². The Labute approximate surface area is 111 Å². The van der Waals surface area contributed by atoms with Gasteiger partial charge in [-0.1, -0.05) is 12.1 Å². The number of nitriles is 1. The topological polar surface area (TPSA) is 87.4 Å². The van der Waals surface area contributed by atoms with Crippen molar-refractivity contribution < 1.29 is 19.4 Å². The Morgan fingerprint density at radius 3 is 2.53 bits per heavy atom. The molecule has 0 saturated carbocycles. The average Bonchev–Trinajstić information content (AvgIpc) is 2.38. The lowest BCUT2D eigenvalue weighted by Gasteiger charge is -2.10. The number of ketones is 1. The second-order valence-electron chi connectivity index (χ2n) is 3.97. The van der Waals surface area contributed by atoms with Crippen LogP contribution in [0.1, 0.15) is 37.0 Å². The van der Waals surface area contributed by atoms with Crippen molar-refractivity contribution in [1.82, 2.24) is 0 Å². The third-order valence-electron chi connectivity index (χ3n) is 2.49. The summed E-state index contributed by atoms with van der Waals surface area (Å²) in [6.07, 6.45) is -1.46. The summed E-state index contributed by atoms with van der Waals surface area (Å²) < 4.78 is 4.65. The molecule has 1 unspecified atom stereocenters. The van der Waals surface area contributed by atoms with E-state index in [0.29, 0.717) is 11.1 Å². The highest BCUT2D eigenvalue weighted by molar-refractivity contribution is 5.95. The highest BCUT2D eigenvalue weighted by Crippen LogP contribution is 2.18. The van der Waals surface area contributed by atoms with E-state index in [1.54, 1.807) is 31.2 Å². The largest absolute Gasteiger partial charge is 0.466 e. The number of carbonyl (C=O) groups is 2. The highest BCUT2D eigenvalue weighted by atomic mass is 16.5. The van der Waals surface area contributed by atoms with Crippen LogP contribution < -0.4 is 0 Å². The number of aliphatic hydroxyl groups excluding tert-OH is 1. The van der Waals surface area contributed by atoms with Gasteiger partial charge in [0.05, 0.1) is 24.3 Å². The van der Waals surface area contributed by atoms with Gasteiger partial charge in [-0.2, -0.15) is 5.26 Å². The van der Waals surface area contributed by atoms with Crippen LogP contribution >= 0.6 is 0 Å². The van der Waals surface area contributed by atoms with Crippen LogP contribution in [0.3, 0.4) is 0 Å². The molecule has 1 aromatic rings. The van der Waals surface area contributed by atoms with Crippen molar-refractivity contribution in [1.29, 1.82) is 5.26 Å². The maximum absolute atomic E-state index is 11.5. The van der Waals surface area contributed by atoms with E-state index < -0.39 is 12.1 Å². The maximum atomic E-state index is 11.5. The Hall–Kier alpha value is -2.19. The number of esters is 1. The summed E-state index contributed by atoms with van der Waals surface area (Å²) in [4.78, 5) is 22.6. The summed E-state index contributed by atoms with van der Waals surface area (Å²) in [6.45, 7) is 1.89. The van der Waals surface area contributed by atoms with E-state index in [1.165, 1.54) is 0 Å². The average molecular weight is 261 g/mol. The van der Waals surface area contributed by atoms with Gasteiger partial charge in [0.25, 0.3) is 0 Å². The van der Waals surface area contributed by atoms with Gasteiger partial charge in [-0.05, 0) is 24.6 Å². The summed E-state index contributed by atoms with van der Waals surface area (Å²) >= 11 is 0. The van der Waals surface area contributed by atoms with E-state index in [2.05, 4.69) is 4.74 Å². The van der Waals surface area contributed by atoms with Gasteiger partial charge in [0.2, 0.25) is 0 Å². The molecule has 0 saturated heterocycles. The van der Waals surface area contributed by atoms with E-state index in [1.807, 2.05) is 6.07 Å². The van der Waals surface area contributed by atoms with Gasteiger partial charge in [-0.15, -0.1) is 0 Å². The van der Waals surface area contributed by atoms with Crippen LogP contribution in [0.5, 0.6) is 0 Å². The lowest BCUT2D eigenvalue weighted by atomic mass is 10.0. The lowest BCUT2D eigenvalue weighted by Crippen LogP contribution is -2.14. The van der Waals surface area contributed by atoms with Crippen molar-refractivity contribution in [2.24, 2.45) is 0 Å². The normalized spacial score (nSPS) is 11.4. The van der Waals surface area contributed by atoms with Crippen LogP contribution in [-0.2, 0) is 14.3 Å². The van der Waals surface area contributed by atoms with Crippen molar-refractivity contribution in [3.63, 3.8) is 0 Å². The summed E-state index contributed by atoms with van der Waals surface area (Å²) in [5, 5.41) is 18.5. The molecular weight excluding hydrogens is 246 g/mol. The molecule has 1 aromatic carbocycles. The quantitative estimate of drug-likeness (QED) is 0.619. The first-order valence-corrected chi connectivity index (χ1v) is 5.92. The van der Waals surface area contributed by atoms with Crippen LogP contribution in [0, 0.1) is 11.3 Å². The SMILES string of the molecule is CCOC(=O)CC(=O)CC(O)c1ccc(C#N)cc1. The molecule has 0 aliphatic heterocycles. The van der Waals surface area contributed by atoms with Crippen molar-refractivity contribution in [3.05, 3.63) is 35.4 Å². The number of carbonyl (C=O) groups excluding carboxylic acids is 2. The zero-order valence-corrected chi connectivity index (χ0v) is 10.6. The van der Waals surface area contributed by atoms with Gasteiger partial charge in [-0.3, -0.25) is 9.59 Å². The fourth-order valence-corrected chi connectivity index (χ4v) is 1.56. The number of rotatable bonds is 6. The molecule has 0 spiro atoms. The van der Waals surface area contributed by atoms with Gasteiger partial charge in [0, 0.05) is 6.42 Å². The number of aliphatic hydroxyl groups is 1. The number of Topliss-reactive ketones (excluding diaryl/α,β-unsaturated/α-hetero) is 1. The number of nitrogens with zero attached hydrogens (tertiary/aromatic N) is 1. The smallest absolute Gasteiger partial charge is 0.313 e. The predicted molar refractivity (Wildman–Crippen MR) is 67.0 cm³/mol. The third kappa shape index (κ3) is 4.90. The predicted octanol–water partition coefficient (Wildman–Crippen LogP) is 1.50. The fourth-order valence-electron chi connectivity index (χ4n) is 1.56. The Bertz CT molecular complexity index is 487. The Morgan fingerprint density at radius 2 is 2.00 bits per heavy atom. The molecule has 0 aliphatic rings. The minimum atomic E-state index is -0.977. The summed E-state index contributed by atoms with van der Waals surface area (Å²) in [7, 11) is 0. The van der Waals surface area contributed by atoms with Gasteiger partial charge < -0.3 is 9.84 Å². The number of benzene rings is 1. The summed E-state index contributed by atoms with van der Waals surface area (Å²) in [5.74, 6) is -0.963. The number of hydrogen-bond donors (Lipinski definition) is 1. The van der Waals surface area contributed by atoms with E-state index in [-0.39, 0.29) is 25.2 Å². The van der Waals surface area contributed by atoms with Gasteiger partial charge in [-0.25, -0.2) is 0 Å². The Morgan fingerprint density at radius 1 is 1.37 bits per heavy atom. The first-order chi connectivity index (χ1) is 9.06. The molecule has 0 heterocycles. The molecule has 0 fully saturated rings. The summed E-state index contributed by atoms with van der Waals surface area (Å²) in [6, 6.07) is 8.26. The molecule has 1 atom stereocenters. The zero-order chi connectivity index (χ0) is 14.3. The van der Waals surface area contributed by atoms with Gasteiger partial charge in [0.1, 0.15) is 12.2 Å². The van der Waals surface area contributed by atoms with E-state index >= 15 is 0 Å². The zero-order valence-electron chi connectivity index (χ0n) is 10.6. The van der Waals surface area contributed by atoms with Crippen LogP contribution in [0.25, 0.3) is 0 Å². The molecule has 0 radical (unpaired) electrons. The molecule has 100 valence electrons.